The average Bonchev–Trinajstić information content (AvgIpc) is 2.99. The zero-order valence-electron chi connectivity index (χ0n) is 22.8. The second-order valence-electron chi connectivity index (χ2n) is 10.3. The molecule has 0 unspecified atom stereocenters. The normalized spacial score (nSPS) is 16.0. The van der Waals surface area contributed by atoms with Gasteiger partial charge in [0.25, 0.3) is 11.8 Å². The lowest BCUT2D eigenvalue weighted by atomic mass is 10.1. The van der Waals surface area contributed by atoms with Gasteiger partial charge in [-0.05, 0) is 66.6 Å². The van der Waals surface area contributed by atoms with Gasteiger partial charge in [-0.3, -0.25) is 14.5 Å². The van der Waals surface area contributed by atoms with E-state index >= 15 is 0 Å². The predicted octanol–water partition coefficient (Wildman–Crippen LogP) is 6.58. The van der Waals surface area contributed by atoms with Crippen LogP contribution in [0.15, 0.2) is 103 Å². The van der Waals surface area contributed by atoms with E-state index in [1.54, 1.807) is 11.0 Å². The molecule has 0 spiro atoms. The number of hydrogen-bond donors (Lipinski definition) is 0. The third kappa shape index (κ3) is 5.83. The summed E-state index contributed by atoms with van der Waals surface area (Å²) in [5, 5.41) is 0.708. The van der Waals surface area contributed by atoms with Crippen LogP contribution in [0.1, 0.15) is 27.0 Å². The maximum absolute atomic E-state index is 13.6. The summed E-state index contributed by atoms with van der Waals surface area (Å²) in [6.45, 7) is 5.24. The van der Waals surface area contributed by atoms with Gasteiger partial charge in [-0.2, -0.15) is 0 Å². The van der Waals surface area contributed by atoms with Crippen LogP contribution in [-0.2, 0) is 11.3 Å². The van der Waals surface area contributed by atoms with Gasteiger partial charge in [0.05, 0.1) is 12.2 Å². The Morgan fingerprint density at radius 1 is 0.878 bits per heavy atom. The third-order valence-electron chi connectivity index (χ3n) is 7.45. The number of amides is 2. The number of hydrogen-bond acceptors (Lipinski definition) is 4. The number of carbonyl (C=O) groups excluding carboxylic acids is 2. The van der Waals surface area contributed by atoms with E-state index in [1.165, 1.54) is 0 Å². The minimum absolute atomic E-state index is 0.00167. The van der Waals surface area contributed by atoms with E-state index in [-0.39, 0.29) is 17.6 Å². The molecule has 0 saturated carbocycles. The van der Waals surface area contributed by atoms with E-state index in [1.807, 2.05) is 103 Å². The number of halogens is 1. The van der Waals surface area contributed by atoms with Crippen LogP contribution >= 0.6 is 11.6 Å². The molecule has 1 fully saturated rings. The highest BCUT2D eigenvalue weighted by Gasteiger charge is 2.30. The van der Waals surface area contributed by atoms with Crippen molar-refractivity contribution in [3.63, 3.8) is 0 Å². The number of para-hydroxylation sites is 2. The second-order valence-corrected chi connectivity index (χ2v) is 10.8. The molecule has 2 aliphatic heterocycles. The fraction of sp³-hybridized carbons (Fsp3) is 0.176. The third-order valence-corrected chi connectivity index (χ3v) is 7.69. The number of aryl methyl sites for hydroxylation is 1. The number of anilines is 2. The Balaban J connectivity index is 1.16. The van der Waals surface area contributed by atoms with Crippen molar-refractivity contribution in [1.29, 1.82) is 0 Å². The first-order valence-electron chi connectivity index (χ1n) is 13.7. The molecule has 0 N–H and O–H groups in total. The number of nitrogens with zero attached hydrogens (tertiary/aromatic N) is 3. The van der Waals surface area contributed by atoms with E-state index in [2.05, 4.69) is 11.0 Å². The molecule has 0 aliphatic carbocycles. The minimum Gasteiger partial charge on any atom is -0.449 e. The monoisotopic (exact) mass is 563 g/mol. The van der Waals surface area contributed by atoms with E-state index in [4.69, 9.17) is 16.3 Å². The molecular weight excluding hydrogens is 534 g/mol. The van der Waals surface area contributed by atoms with E-state index in [0.717, 1.165) is 41.2 Å². The van der Waals surface area contributed by atoms with E-state index < -0.39 is 0 Å². The Morgan fingerprint density at radius 3 is 2.39 bits per heavy atom. The maximum atomic E-state index is 13.6. The van der Waals surface area contributed by atoms with Crippen LogP contribution in [-0.4, -0.2) is 42.9 Å². The number of fused-ring (bicyclic) bond motifs is 1. The molecule has 41 heavy (non-hydrogen) atoms. The zero-order valence-corrected chi connectivity index (χ0v) is 23.6. The molecule has 0 atom stereocenters. The topological polar surface area (TPSA) is 53.1 Å². The van der Waals surface area contributed by atoms with E-state index in [9.17, 15) is 9.59 Å². The number of rotatable bonds is 5. The summed E-state index contributed by atoms with van der Waals surface area (Å²) >= 11 is 6.15. The van der Waals surface area contributed by atoms with Gasteiger partial charge in [0, 0.05) is 42.5 Å². The van der Waals surface area contributed by atoms with Crippen molar-refractivity contribution in [3.8, 4) is 5.75 Å². The van der Waals surface area contributed by atoms with Crippen molar-refractivity contribution in [2.75, 3.05) is 36.0 Å². The fourth-order valence-corrected chi connectivity index (χ4v) is 5.49. The highest BCUT2D eigenvalue weighted by Crippen LogP contribution is 2.36. The first kappa shape index (κ1) is 26.7. The summed E-state index contributed by atoms with van der Waals surface area (Å²) in [4.78, 5) is 32.7. The molecule has 0 bridgehead atoms. The molecule has 2 heterocycles. The Hall–Kier alpha value is -4.55. The number of benzene rings is 4. The van der Waals surface area contributed by atoms with Gasteiger partial charge in [0.2, 0.25) is 0 Å². The smallest absolute Gasteiger partial charge is 0.294 e. The maximum Gasteiger partial charge on any atom is 0.294 e. The van der Waals surface area contributed by atoms with Crippen LogP contribution in [0.3, 0.4) is 0 Å². The Bertz CT molecular complexity index is 1620. The number of piperazine rings is 1. The van der Waals surface area contributed by atoms with Crippen LogP contribution < -0.4 is 14.5 Å². The van der Waals surface area contributed by atoms with Gasteiger partial charge < -0.3 is 14.5 Å². The summed E-state index contributed by atoms with van der Waals surface area (Å²) in [5.74, 6) is 0.670. The second kappa shape index (κ2) is 11.5. The van der Waals surface area contributed by atoms with Gasteiger partial charge in [-0.15, -0.1) is 0 Å². The molecule has 2 amide bonds. The highest BCUT2D eigenvalue weighted by molar-refractivity contribution is 6.30. The van der Waals surface area contributed by atoms with Crippen molar-refractivity contribution < 1.29 is 14.3 Å². The standard InChI is InChI=1S/C34H30ClN3O3/c1-24-6-4-7-26(20-24)23-38-30-10-2-3-11-31(30)41-32(34(38)40)21-25-12-14-27(15-13-25)33(39)37-18-16-36(17-19-37)29-9-5-8-28(35)22-29/h2-15,20-22H,16-19,23H2,1H3/b32-21+. The number of carbonyl (C=O) groups is 2. The van der Waals surface area contributed by atoms with Crippen molar-refractivity contribution in [1.82, 2.24) is 4.90 Å². The molecule has 4 aromatic rings. The quantitative estimate of drug-likeness (QED) is 0.257. The molecule has 7 heteroatoms. The summed E-state index contributed by atoms with van der Waals surface area (Å²) < 4.78 is 6.05. The summed E-state index contributed by atoms with van der Waals surface area (Å²) in [6.07, 6.45) is 1.74. The van der Waals surface area contributed by atoms with Gasteiger partial charge in [0.15, 0.2) is 11.5 Å². The first-order chi connectivity index (χ1) is 19.9. The van der Waals surface area contributed by atoms with Gasteiger partial charge in [-0.25, -0.2) is 0 Å². The van der Waals surface area contributed by atoms with Crippen LogP contribution in [0.25, 0.3) is 6.08 Å². The zero-order chi connectivity index (χ0) is 28.3. The van der Waals surface area contributed by atoms with Crippen LogP contribution in [0.5, 0.6) is 5.75 Å². The molecule has 4 aromatic carbocycles. The summed E-state index contributed by atoms with van der Waals surface area (Å²) in [6, 6.07) is 30.8. The minimum atomic E-state index is -0.206. The Morgan fingerprint density at radius 2 is 1.63 bits per heavy atom. The SMILES string of the molecule is Cc1cccc(CN2C(=O)/C(=C\c3ccc(C(=O)N4CCN(c5cccc(Cl)c5)CC4)cc3)Oc3ccccc32)c1. The molecule has 6 rings (SSSR count). The molecule has 0 aromatic heterocycles. The summed E-state index contributed by atoms with van der Waals surface area (Å²) in [5.41, 5.74) is 5.40. The molecule has 2 aliphatic rings. The average molecular weight is 564 g/mol. The lowest BCUT2D eigenvalue weighted by molar-refractivity contribution is -0.117. The predicted molar refractivity (Wildman–Crippen MR) is 163 cm³/mol. The van der Waals surface area contributed by atoms with Gasteiger partial charge in [0.1, 0.15) is 0 Å². The molecule has 206 valence electrons. The van der Waals surface area contributed by atoms with Crippen molar-refractivity contribution in [2.45, 2.75) is 13.5 Å². The molecule has 1 saturated heterocycles. The molecule has 0 radical (unpaired) electrons. The van der Waals surface area contributed by atoms with Crippen LogP contribution in [0.4, 0.5) is 11.4 Å². The van der Waals surface area contributed by atoms with Crippen molar-refractivity contribution in [3.05, 3.63) is 130 Å². The fourth-order valence-electron chi connectivity index (χ4n) is 5.31. The van der Waals surface area contributed by atoms with Gasteiger partial charge >= 0.3 is 0 Å². The van der Waals surface area contributed by atoms with Crippen LogP contribution in [0, 0.1) is 6.92 Å². The van der Waals surface area contributed by atoms with Crippen molar-refractivity contribution >= 4 is 40.9 Å². The number of ether oxygens (including phenoxy) is 1. The Labute approximate surface area is 245 Å². The summed E-state index contributed by atoms with van der Waals surface area (Å²) in [7, 11) is 0. The van der Waals surface area contributed by atoms with Gasteiger partial charge in [-0.1, -0.05) is 71.8 Å². The van der Waals surface area contributed by atoms with Crippen molar-refractivity contribution in [2.24, 2.45) is 0 Å². The largest absolute Gasteiger partial charge is 0.449 e. The van der Waals surface area contributed by atoms with Crippen LogP contribution in [0.2, 0.25) is 5.02 Å². The van der Waals surface area contributed by atoms with E-state index in [0.29, 0.717) is 36.0 Å². The first-order valence-corrected chi connectivity index (χ1v) is 14.1. The lowest BCUT2D eigenvalue weighted by Gasteiger charge is -2.36. The lowest BCUT2D eigenvalue weighted by Crippen LogP contribution is -2.48. The molecule has 6 nitrogen and oxygen atoms in total. The molecular formula is C34H30ClN3O3. The highest BCUT2D eigenvalue weighted by atomic mass is 35.5. The Kier molecular flexibility index (Phi) is 7.49.